The van der Waals surface area contributed by atoms with E-state index in [1.54, 1.807) is 18.2 Å². The first-order valence-corrected chi connectivity index (χ1v) is 8.24. The van der Waals surface area contributed by atoms with Gasteiger partial charge in [-0.2, -0.15) is 0 Å². The van der Waals surface area contributed by atoms with Crippen molar-refractivity contribution in [2.75, 3.05) is 6.61 Å². The van der Waals surface area contributed by atoms with Crippen molar-refractivity contribution in [1.29, 1.82) is 0 Å². The van der Waals surface area contributed by atoms with Crippen LogP contribution in [0.3, 0.4) is 0 Å². The molecule has 3 aromatic carbocycles. The number of fused-ring (bicyclic) bond motifs is 3. The molecule has 3 aromatic rings. The van der Waals surface area contributed by atoms with Crippen molar-refractivity contribution < 1.29 is 14.5 Å². The van der Waals surface area contributed by atoms with Crippen LogP contribution < -0.4 is 4.74 Å². The Morgan fingerprint density at radius 2 is 1.69 bits per heavy atom. The lowest BCUT2D eigenvalue weighted by atomic mass is 10.0. The molecule has 0 heterocycles. The van der Waals surface area contributed by atoms with Crippen molar-refractivity contribution in [3.05, 3.63) is 93.5 Å². The lowest BCUT2D eigenvalue weighted by Crippen LogP contribution is -2.12. The van der Waals surface area contributed by atoms with E-state index in [2.05, 4.69) is 12.1 Å². The van der Waals surface area contributed by atoms with Gasteiger partial charge in [-0.15, -0.1) is 0 Å². The molecule has 0 bridgehead atoms. The topological polar surface area (TPSA) is 69.4 Å². The number of carbonyl (C=O) groups is 1. The number of nitro benzene ring substituents is 1. The van der Waals surface area contributed by atoms with Gasteiger partial charge in [0.25, 0.3) is 0 Å². The van der Waals surface area contributed by atoms with Crippen molar-refractivity contribution in [3.8, 4) is 16.9 Å². The Hall–Kier alpha value is -3.47. The molecule has 0 atom stereocenters. The smallest absolute Gasteiger partial charge is 0.310 e. The van der Waals surface area contributed by atoms with Crippen molar-refractivity contribution >= 4 is 11.5 Å². The minimum atomic E-state index is -0.522. The molecular formula is C21H15NO4. The number of Topliss-reactive ketones (excluding diaryl/α,β-unsaturated/α-hetero) is 1. The van der Waals surface area contributed by atoms with Crippen LogP contribution in [-0.2, 0) is 6.42 Å². The maximum atomic E-state index is 12.5. The summed E-state index contributed by atoms with van der Waals surface area (Å²) in [4.78, 5) is 23.0. The molecule has 0 amide bonds. The lowest BCUT2D eigenvalue weighted by Gasteiger charge is -2.08. The molecule has 0 aliphatic heterocycles. The third kappa shape index (κ3) is 2.84. The van der Waals surface area contributed by atoms with E-state index < -0.39 is 4.92 Å². The number of nitrogens with zero attached hydrogens (tertiary/aromatic N) is 1. The van der Waals surface area contributed by atoms with Gasteiger partial charge in [-0.05, 0) is 40.8 Å². The number of rotatable bonds is 5. The molecule has 0 aromatic heterocycles. The van der Waals surface area contributed by atoms with E-state index in [1.165, 1.54) is 23.3 Å². The van der Waals surface area contributed by atoms with Gasteiger partial charge in [0.15, 0.2) is 18.1 Å². The Morgan fingerprint density at radius 1 is 0.962 bits per heavy atom. The van der Waals surface area contributed by atoms with Crippen LogP contribution in [0.5, 0.6) is 5.75 Å². The van der Waals surface area contributed by atoms with E-state index in [1.807, 2.05) is 24.3 Å². The minimum absolute atomic E-state index is 0.0948. The molecule has 1 aliphatic carbocycles. The summed E-state index contributed by atoms with van der Waals surface area (Å²) >= 11 is 0. The first-order chi connectivity index (χ1) is 12.6. The molecular weight excluding hydrogens is 330 g/mol. The van der Waals surface area contributed by atoms with Crippen LogP contribution in [-0.4, -0.2) is 17.3 Å². The van der Waals surface area contributed by atoms with Gasteiger partial charge in [0.05, 0.1) is 4.92 Å². The van der Waals surface area contributed by atoms with Crippen LogP contribution in [0.2, 0.25) is 0 Å². The lowest BCUT2D eigenvalue weighted by molar-refractivity contribution is -0.385. The second kappa shape index (κ2) is 6.44. The van der Waals surface area contributed by atoms with E-state index in [-0.39, 0.29) is 23.8 Å². The summed E-state index contributed by atoms with van der Waals surface area (Å²) in [5.74, 6) is -0.118. The summed E-state index contributed by atoms with van der Waals surface area (Å²) in [5, 5.41) is 11.0. The maximum absolute atomic E-state index is 12.5. The Labute approximate surface area is 150 Å². The highest BCUT2D eigenvalue weighted by atomic mass is 16.6. The molecule has 0 radical (unpaired) electrons. The Bertz CT molecular complexity index is 1030. The van der Waals surface area contributed by atoms with Crippen molar-refractivity contribution in [2.24, 2.45) is 0 Å². The van der Waals surface area contributed by atoms with Crippen molar-refractivity contribution in [3.63, 3.8) is 0 Å². The summed E-state index contributed by atoms with van der Waals surface area (Å²) in [5.41, 5.74) is 5.06. The molecule has 4 rings (SSSR count). The van der Waals surface area contributed by atoms with E-state index in [4.69, 9.17) is 4.74 Å². The number of para-hydroxylation sites is 2. The number of benzene rings is 3. The first kappa shape index (κ1) is 16.0. The highest BCUT2D eigenvalue weighted by Crippen LogP contribution is 2.37. The Morgan fingerprint density at radius 3 is 2.54 bits per heavy atom. The Balaban J connectivity index is 1.55. The van der Waals surface area contributed by atoms with E-state index in [0.717, 1.165) is 17.5 Å². The molecule has 0 unspecified atom stereocenters. The predicted molar refractivity (Wildman–Crippen MR) is 97.6 cm³/mol. The number of nitro groups is 1. The summed E-state index contributed by atoms with van der Waals surface area (Å²) in [6.45, 7) is -0.245. The van der Waals surface area contributed by atoms with Crippen molar-refractivity contribution in [2.45, 2.75) is 6.42 Å². The molecule has 0 N–H and O–H groups in total. The SMILES string of the molecule is O=C(COc1ccccc1[N+](=O)[O-])c1ccc2c(c1)-c1ccccc1C2. The molecule has 0 spiro atoms. The number of ketones is 1. The van der Waals surface area contributed by atoms with Crippen LogP contribution in [0.4, 0.5) is 5.69 Å². The van der Waals surface area contributed by atoms with E-state index in [0.29, 0.717) is 5.56 Å². The molecule has 5 heteroatoms. The van der Waals surface area contributed by atoms with Gasteiger partial charge in [-0.25, -0.2) is 0 Å². The normalized spacial score (nSPS) is 11.5. The molecule has 1 aliphatic rings. The van der Waals surface area contributed by atoms with Crippen LogP contribution in [0, 0.1) is 10.1 Å². The molecule has 0 saturated carbocycles. The second-order valence-corrected chi connectivity index (χ2v) is 6.14. The quantitative estimate of drug-likeness (QED) is 0.305. The molecule has 5 nitrogen and oxygen atoms in total. The zero-order chi connectivity index (χ0) is 18.1. The Kier molecular flexibility index (Phi) is 3.97. The first-order valence-electron chi connectivity index (χ1n) is 8.24. The van der Waals surface area contributed by atoms with Gasteiger partial charge in [0.1, 0.15) is 0 Å². The average molecular weight is 345 g/mol. The number of carbonyl (C=O) groups excluding carboxylic acids is 1. The standard InChI is InChI=1S/C21H15NO4/c23-20(13-26-21-8-4-3-7-19(21)22(24)25)16-10-9-15-11-14-5-1-2-6-17(14)18(15)12-16/h1-10,12H,11,13H2. The molecule has 128 valence electrons. The fourth-order valence-electron chi connectivity index (χ4n) is 3.25. The predicted octanol–water partition coefficient (Wildman–Crippen LogP) is 4.43. The summed E-state index contributed by atoms with van der Waals surface area (Å²) in [6, 6.07) is 19.8. The summed E-state index contributed by atoms with van der Waals surface area (Å²) in [7, 11) is 0. The number of hydrogen-bond donors (Lipinski definition) is 0. The molecule has 0 fully saturated rings. The molecule has 26 heavy (non-hydrogen) atoms. The van der Waals surface area contributed by atoms with E-state index >= 15 is 0 Å². The fraction of sp³-hybridized carbons (Fsp3) is 0.0952. The minimum Gasteiger partial charge on any atom is -0.478 e. The zero-order valence-electron chi connectivity index (χ0n) is 13.8. The van der Waals surface area contributed by atoms with Gasteiger partial charge >= 0.3 is 5.69 Å². The molecule has 0 saturated heterocycles. The maximum Gasteiger partial charge on any atom is 0.310 e. The second-order valence-electron chi connectivity index (χ2n) is 6.14. The number of ether oxygens (including phenoxy) is 1. The monoisotopic (exact) mass is 345 g/mol. The van der Waals surface area contributed by atoms with Gasteiger partial charge < -0.3 is 4.74 Å². The fourth-order valence-corrected chi connectivity index (χ4v) is 3.25. The summed E-state index contributed by atoms with van der Waals surface area (Å²) < 4.78 is 5.41. The largest absolute Gasteiger partial charge is 0.478 e. The van der Waals surface area contributed by atoms with Gasteiger partial charge in [-0.3, -0.25) is 14.9 Å². The number of hydrogen-bond acceptors (Lipinski definition) is 4. The van der Waals surface area contributed by atoms with Crippen LogP contribution in [0.25, 0.3) is 11.1 Å². The third-order valence-corrected chi connectivity index (χ3v) is 4.54. The van der Waals surface area contributed by atoms with Crippen LogP contribution in [0.15, 0.2) is 66.7 Å². The van der Waals surface area contributed by atoms with Gasteiger partial charge in [0, 0.05) is 11.6 Å². The van der Waals surface area contributed by atoms with E-state index in [9.17, 15) is 14.9 Å². The average Bonchev–Trinajstić information content (AvgIpc) is 3.04. The summed E-state index contributed by atoms with van der Waals surface area (Å²) in [6.07, 6.45) is 0.868. The van der Waals surface area contributed by atoms with Crippen LogP contribution in [0.1, 0.15) is 21.5 Å². The van der Waals surface area contributed by atoms with Gasteiger partial charge in [0.2, 0.25) is 0 Å². The van der Waals surface area contributed by atoms with Gasteiger partial charge in [-0.1, -0.05) is 48.5 Å². The highest BCUT2D eigenvalue weighted by Gasteiger charge is 2.20. The van der Waals surface area contributed by atoms with Crippen molar-refractivity contribution in [1.82, 2.24) is 0 Å². The van der Waals surface area contributed by atoms with Crippen LogP contribution >= 0.6 is 0 Å². The zero-order valence-corrected chi connectivity index (χ0v) is 13.8. The third-order valence-electron chi connectivity index (χ3n) is 4.54. The highest BCUT2D eigenvalue weighted by molar-refractivity contribution is 5.99.